The van der Waals surface area contributed by atoms with E-state index < -0.39 is 8.80 Å². The van der Waals surface area contributed by atoms with Crippen LogP contribution in [0.4, 0.5) is 0 Å². The van der Waals surface area contributed by atoms with Gasteiger partial charge in [0.05, 0.1) is 0 Å². The van der Waals surface area contributed by atoms with Crippen LogP contribution in [-0.4, -0.2) is 34.2 Å². The van der Waals surface area contributed by atoms with Crippen molar-refractivity contribution >= 4 is 8.80 Å². The standard InChI is InChI=1S/C14H31NO3Si/c1-5-16-19(7-3,17-6-2)18-12(4)13-9-8-10-14(15)11-13/h12-14H,5-11,15H2,1-4H3. The highest BCUT2D eigenvalue weighted by Gasteiger charge is 2.42. The first-order valence-corrected chi connectivity index (χ1v) is 9.71. The van der Waals surface area contributed by atoms with Crippen LogP contribution in [0.2, 0.25) is 6.04 Å². The van der Waals surface area contributed by atoms with Gasteiger partial charge in [-0.2, -0.15) is 0 Å². The van der Waals surface area contributed by atoms with Crippen molar-refractivity contribution in [2.75, 3.05) is 13.2 Å². The van der Waals surface area contributed by atoms with Crippen molar-refractivity contribution in [2.45, 2.75) is 71.6 Å². The van der Waals surface area contributed by atoms with Crippen LogP contribution < -0.4 is 5.73 Å². The molecule has 0 amide bonds. The summed E-state index contributed by atoms with van der Waals surface area (Å²) in [5, 5.41) is 0. The second-order valence-corrected chi connectivity index (χ2v) is 8.30. The van der Waals surface area contributed by atoms with Gasteiger partial charge in [0.25, 0.3) is 0 Å². The molecule has 2 N–H and O–H groups in total. The lowest BCUT2D eigenvalue weighted by atomic mass is 9.83. The molecule has 1 aliphatic carbocycles. The molecule has 3 atom stereocenters. The van der Waals surface area contributed by atoms with Crippen LogP contribution in [0, 0.1) is 5.92 Å². The minimum absolute atomic E-state index is 0.177. The van der Waals surface area contributed by atoms with Gasteiger partial charge in [0.2, 0.25) is 0 Å². The van der Waals surface area contributed by atoms with E-state index in [0.29, 0.717) is 25.2 Å². The molecule has 0 radical (unpaired) electrons. The molecule has 0 bridgehead atoms. The minimum atomic E-state index is -2.48. The molecule has 0 spiro atoms. The van der Waals surface area contributed by atoms with Gasteiger partial charge in [0.1, 0.15) is 0 Å². The third-order valence-electron chi connectivity index (χ3n) is 3.95. The van der Waals surface area contributed by atoms with Crippen LogP contribution >= 0.6 is 0 Å². The Morgan fingerprint density at radius 1 is 1.16 bits per heavy atom. The predicted octanol–water partition coefficient (Wildman–Crippen LogP) is 2.94. The molecular weight excluding hydrogens is 258 g/mol. The zero-order chi connectivity index (χ0) is 14.3. The van der Waals surface area contributed by atoms with Gasteiger partial charge in [-0.25, -0.2) is 0 Å². The maximum atomic E-state index is 6.29. The molecule has 0 aromatic carbocycles. The lowest BCUT2D eigenvalue weighted by Gasteiger charge is -2.36. The van der Waals surface area contributed by atoms with Crippen LogP contribution in [0.15, 0.2) is 0 Å². The number of nitrogens with two attached hydrogens (primary N) is 1. The van der Waals surface area contributed by atoms with E-state index in [4.69, 9.17) is 19.0 Å². The molecule has 0 heterocycles. The Morgan fingerprint density at radius 2 is 1.79 bits per heavy atom. The molecule has 0 aromatic heterocycles. The maximum absolute atomic E-state index is 6.29. The van der Waals surface area contributed by atoms with Gasteiger partial charge in [-0.1, -0.05) is 13.3 Å². The quantitative estimate of drug-likeness (QED) is 0.698. The summed E-state index contributed by atoms with van der Waals surface area (Å²) in [6, 6.07) is 1.17. The van der Waals surface area contributed by atoms with Crippen molar-refractivity contribution in [1.29, 1.82) is 0 Å². The highest BCUT2D eigenvalue weighted by molar-refractivity contribution is 6.60. The number of rotatable bonds is 8. The molecule has 1 aliphatic rings. The molecule has 3 unspecified atom stereocenters. The number of hydrogen-bond donors (Lipinski definition) is 1. The lowest BCUT2D eigenvalue weighted by molar-refractivity contribution is 0.00859. The third-order valence-corrected chi connectivity index (χ3v) is 7.00. The van der Waals surface area contributed by atoms with E-state index in [9.17, 15) is 0 Å². The smallest absolute Gasteiger partial charge is 0.374 e. The Labute approximate surface area is 119 Å². The molecule has 0 aromatic rings. The van der Waals surface area contributed by atoms with Gasteiger partial charge < -0.3 is 19.0 Å². The van der Waals surface area contributed by atoms with E-state index in [1.54, 1.807) is 0 Å². The Kier molecular flexibility index (Phi) is 7.53. The van der Waals surface area contributed by atoms with Gasteiger partial charge in [-0.15, -0.1) is 0 Å². The third kappa shape index (κ3) is 5.15. The van der Waals surface area contributed by atoms with Crippen LogP contribution in [-0.2, 0) is 13.3 Å². The van der Waals surface area contributed by atoms with Gasteiger partial charge in [0, 0.05) is 31.4 Å². The summed E-state index contributed by atoms with van der Waals surface area (Å²) in [6.45, 7) is 9.55. The maximum Gasteiger partial charge on any atom is 0.500 e. The summed E-state index contributed by atoms with van der Waals surface area (Å²) >= 11 is 0. The van der Waals surface area contributed by atoms with Gasteiger partial charge in [-0.3, -0.25) is 0 Å². The van der Waals surface area contributed by atoms with Crippen molar-refractivity contribution in [2.24, 2.45) is 11.7 Å². The van der Waals surface area contributed by atoms with E-state index in [1.165, 1.54) is 12.8 Å². The molecule has 19 heavy (non-hydrogen) atoms. The van der Waals surface area contributed by atoms with Crippen LogP contribution in [0.5, 0.6) is 0 Å². The van der Waals surface area contributed by atoms with E-state index in [2.05, 4.69) is 13.8 Å². The largest absolute Gasteiger partial charge is 0.500 e. The van der Waals surface area contributed by atoms with E-state index in [0.717, 1.165) is 18.9 Å². The predicted molar refractivity (Wildman–Crippen MR) is 80.0 cm³/mol. The molecule has 4 nitrogen and oxygen atoms in total. The average molecular weight is 289 g/mol. The Bertz CT molecular complexity index is 247. The molecule has 0 aliphatic heterocycles. The lowest BCUT2D eigenvalue weighted by Crippen LogP contribution is -2.49. The van der Waals surface area contributed by atoms with E-state index in [1.807, 2.05) is 13.8 Å². The molecule has 5 heteroatoms. The molecule has 0 saturated heterocycles. The normalized spacial score (nSPS) is 26.4. The zero-order valence-corrected chi connectivity index (χ0v) is 14.0. The summed E-state index contributed by atoms with van der Waals surface area (Å²) < 4.78 is 18.0. The average Bonchev–Trinajstić information content (AvgIpc) is 2.39. The first-order chi connectivity index (χ1) is 9.06. The molecule has 1 fully saturated rings. The first-order valence-electron chi connectivity index (χ1n) is 7.78. The van der Waals surface area contributed by atoms with E-state index >= 15 is 0 Å². The highest BCUT2D eigenvalue weighted by Crippen LogP contribution is 2.30. The van der Waals surface area contributed by atoms with Crippen molar-refractivity contribution < 1.29 is 13.3 Å². The fraction of sp³-hybridized carbons (Fsp3) is 1.00. The number of hydrogen-bond acceptors (Lipinski definition) is 4. The Balaban J connectivity index is 2.60. The minimum Gasteiger partial charge on any atom is -0.374 e. The zero-order valence-electron chi connectivity index (χ0n) is 13.0. The van der Waals surface area contributed by atoms with Crippen LogP contribution in [0.25, 0.3) is 0 Å². The highest BCUT2D eigenvalue weighted by atomic mass is 28.4. The topological polar surface area (TPSA) is 53.7 Å². The molecular formula is C14H31NO3Si. The summed E-state index contributed by atoms with van der Waals surface area (Å²) in [5.41, 5.74) is 6.07. The van der Waals surface area contributed by atoms with Gasteiger partial charge >= 0.3 is 8.80 Å². The first kappa shape index (κ1) is 17.1. The second kappa shape index (κ2) is 8.37. The van der Waals surface area contributed by atoms with Crippen molar-refractivity contribution in [3.05, 3.63) is 0 Å². The summed E-state index contributed by atoms with van der Waals surface area (Å²) in [5.74, 6) is 0.545. The SMILES string of the molecule is CCO[Si](CC)(OCC)OC(C)C1CCCC(N)C1. The fourth-order valence-corrected chi connectivity index (χ4v) is 5.34. The van der Waals surface area contributed by atoms with Crippen molar-refractivity contribution in [1.82, 2.24) is 0 Å². The van der Waals surface area contributed by atoms with Crippen molar-refractivity contribution in [3.8, 4) is 0 Å². The Hall–Kier alpha value is 0.0569. The van der Waals surface area contributed by atoms with E-state index in [-0.39, 0.29) is 6.10 Å². The van der Waals surface area contributed by atoms with Gasteiger partial charge in [0.15, 0.2) is 0 Å². The fourth-order valence-electron chi connectivity index (χ4n) is 2.91. The van der Waals surface area contributed by atoms with Gasteiger partial charge in [-0.05, 0) is 46.0 Å². The van der Waals surface area contributed by atoms with Crippen molar-refractivity contribution in [3.63, 3.8) is 0 Å². The summed E-state index contributed by atoms with van der Waals surface area (Å²) in [7, 11) is -2.48. The molecule has 114 valence electrons. The summed E-state index contributed by atoms with van der Waals surface area (Å²) in [4.78, 5) is 0. The van der Waals surface area contributed by atoms with Crippen LogP contribution in [0.1, 0.15) is 53.4 Å². The monoisotopic (exact) mass is 289 g/mol. The molecule has 1 rings (SSSR count). The summed E-state index contributed by atoms with van der Waals surface area (Å²) in [6.07, 6.45) is 4.81. The Morgan fingerprint density at radius 3 is 2.26 bits per heavy atom. The van der Waals surface area contributed by atoms with Crippen LogP contribution in [0.3, 0.4) is 0 Å². The molecule has 1 saturated carbocycles. The second-order valence-electron chi connectivity index (χ2n) is 5.41.